The van der Waals surface area contributed by atoms with Crippen LogP contribution in [0.5, 0.6) is 0 Å². The van der Waals surface area contributed by atoms with Crippen LogP contribution in [0.2, 0.25) is 0 Å². The van der Waals surface area contributed by atoms with Crippen LogP contribution in [-0.2, 0) is 4.74 Å². The van der Waals surface area contributed by atoms with E-state index >= 15 is 0 Å². The van der Waals surface area contributed by atoms with E-state index in [1.165, 1.54) is 0 Å². The second kappa shape index (κ2) is 4.93. The SMILES string of the molecule is C=CCOC1C=C(C)C(NN)=C(F)C1. The summed E-state index contributed by atoms with van der Waals surface area (Å²) in [6.07, 6.45) is 3.50. The van der Waals surface area contributed by atoms with Crippen molar-refractivity contribution >= 4 is 0 Å². The minimum Gasteiger partial charge on any atom is -0.370 e. The lowest BCUT2D eigenvalue weighted by atomic mass is 10.0. The maximum absolute atomic E-state index is 13.4. The molecule has 1 aliphatic carbocycles. The van der Waals surface area contributed by atoms with Crippen LogP contribution in [0.25, 0.3) is 0 Å². The van der Waals surface area contributed by atoms with Gasteiger partial charge < -0.3 is 10.2 Å². The highest BCUT2D eigenvalue weighted by atomic mass is 19.1. The van der Waals surface area contributed by atoms with Gasteiger partial charge >= 0.3 is 0 Å². The molecule has 0 aliphatic heterocycles. The monoisotopic (exact) mass is 198 g/mol. The third-order valence-electron chi connectivity index (χ3n) is 2.05. The van der Waals surface area contributed by atoms with Crippen LogP contribution in [-0.4, -0.2) is 12.7 Å². The first-order valence-electron chi connectivity index (χ1n) is 4.45. The fourth-order valence-corrected chi connectivity index (χ4v) is 1.40. The summed E-state index contributed by atoms with van der Waals surface area (Å²) < 4.78 is 18.7. The van der Waals surface area contributed by atoms with Gasteiger partial charge in [0, 0.05) is 6.42 Å². The predicted molar refractivity (Wildman–Crippen MR) is 53.8 cm³/mol. The molecular formula is C10H15FN2O. The lowest BCUT2D eigenvalue weighted by Gasteiger charge is -2.21. The Morgan fingerprint density at radius 2 is 2.57 bits per heavy atom. The minimum absolute atomic E-state index is 0.218. The van der Waals surface area contributed by atoms with Gasteiger partial charge in [0.15, 0.2) is 0 Å². The number of ether oxygens (including phenoxy) is 1. The Hall–Kier alpha value is -1.13. The van der Waals surface area contributed by atoms with Crippen molar-refractivity contribution in [1.29, 1.82) is 0 Å². The van der Waals surface area contributed by atoms with E-state index in [-0.39, 0.29) is 18.4 Å². The van der Waals surface area contributed by atoms with Gasteiger partial charge in [0.05, 0.1) is 18.4 Å². The molecule has 0 heterocycles. The number of nitrogens with one attached hydrogen (secondary N) is 1. The smallest absolute Gasteiger partial charge is 0.127 e. The van der Waals surface area contributed by atoms with Gasteiger partial charge in [0.25, 0.3) is 0 Å². The first kappa shape index (κ1) is 10.9. The summed E-state index contributed by atoms with van der Waals surface area (Å²) in [6.45, 7) is 5.74. The first-order valence-corrected chi connectivity index (χ1v) is 4.45. The topological polar surface area (TPSA) is 47.3 Å². The molecule has 0 aromatic carbocycles. The molecule has 0 saturated carbocycles. The number of allylic oxidation sites excluding steroid dienone is 1. The zero-order chi connectivity index (χ0) is 10.6. The molecule has 0 bridgehead atoms. The van der Waals surface area contributed by atoms with Crippen molar-refractivity contribution in [2.24, 2.45) is 5.84 Å². The zero-order valence-corrected chi connectivity index (χ0v) is 8.22. The molecule has 3 N–H and O–H groups in total. The molecule has 1 atom stereocenters. The predicted octanol–water partition coefficient (Wildman–Crippen LogP) is 1.55. The van der Waals surface area contributed by atoms with Gasteiger partial charge in [-0.3, -0.25) is 5.84 Å². The molecule has 1 rings (SSSR count). The quantitative estimate of drug-likeness (QED) is 0.409. The Balaban J connectivity index is 2.67. The lowest BCUT2D eigenvalue weighted by Crippen LogP contribution is -2.27. The van der Waals surface area contributed by atoms with Gasteiger partial charge in [-0.05, 0) is 12.5 Å². The zero-order valence-electron chi connectivity index (χ0n) is 8.22. The Morgan fingerprint density at radius 3 is 3.07 bits per heavy atom. The van der Waals surface area contributed by atoms with Crippen LogP contribution in [0.3, 0.4) is 0 Å². The van der Waals surface area contributed by atoms with Crippen LogP contribution in [0.4, 0.5) is 4.39 Å². The van der Waals surface area contributed by atoms with E-state index in [9.17, 15) is 4.39 Å². The van der Waals surface area contributed by atoms with E-state index in [4.69, 9.17) is 10.6 Å². The average molecular weight is 198 g/mol. The standard InChI is InChI=1S/C10H15FN2O/c1-3-4-14-8-5-7(2)10(13-12)9(11)6-8/h3,5,8,13H,1,4,6,12H2,2H3. The molecule has 0 fully saturated rings. The van der Waals surface area contributed by atoms with Crippen LogP contribution in [0.1, 0.15) is 13.3 Å². The summed E-state index contributed by atoms with van der Waals surface area (Å²) in [7, 11) is 0. The van der Waals surface area contributed by atoms with Crippen molar-refractivity contribution in [2.45, 2.75) is 19.4 Å². The highest BCUT2D eigenvalue weighted by molar-refractivity contribution is 5.34. The van der Waals surface area contributed by atoms with Gasteiger partial charge in [-0.15, -0.1) is 6.58 Å². The molecule has 0 spiro atoms. The highest BCUT2D eigenvalue weighted by Crippen LogP contribution is 2.25. The van der Waals surface area contributed by atoms with Crippen molar-refractivity contribution in [2.75, 3.05) is 6.61 Å². The second-order valence-electron chi connectivity index (χ2n) is 3.14. The van der Waals surface area contributed by atoms with Gasteiger partial charge in [0.1, 0.15) is 5.83 Å². The maximum atomic E-state index is 13.4. The number of rotatable bonds is 4. The fourth-order valence-electron chi connectivity index (χ4n) is 1.40. The van der Waals surface area contributed by atoms with Crippen molar-refractivity contribution in [3.8, 4) is 0 Å². The van der Waals surface area contributed by atoms with Gasteiger partial charge in [-0.2, -0.15) is 0 Å². The third kappa shape index (κ3) is 2.43. The first-order chi connectivity index (χ1) is 6.69. The largest absolute Gasteiger partial charge is 0.370 e. The molecule has 3 nitrogen and oxygen atoms in total. The maximum Gasteiger partial charge on any atom is 0.127 e. The highest BCUT2D eigenvalue weighted by Gasteiger charge is 2.19. The summed E-state index contributed by atoms with van der Waals surface area (Å²) >= 11 is 0. The van der Waals surface area contributed by atoms with Crippen LogP contribution < -0.4 is 11.3 Å². The molecule has 14 heavy (non-hydrogen) atoms. The normalized spacial score (nSPS) is 21.9. The Morgan fingerprint density at radius 1 is 1.86 bits per heavy atom. The van der Waals surface area contributed by atoms with E-state index in [1.807, 2.05) is 6.08 Å². The van der Waals surface area contributed by atoms with Crippen molar-refractivity contribution in [1.82, 2.24) is 5.43 Å². The summed E-state index contributed by atoms with van der Waals surface area (Å²) in [5.74, 6) is 4.92. The third-order valence-corrected chi connectivity index (χ3v) is 2.05. The Labute approximate surface area is 83.1 Å². The van der Waals surface area contributed by atoms with Crippen LogP contribution in [0, 0.1) is 0 Å². The fraction of sp³-hybridized carbons (Fsp3) is 0.400. The van der Waals surface area contributed by atoms with Gasteiger partial charge in [-0.1, -0.05) is 12.2 Å². The van der Waals surface area contributed by atoms with E-state index in [0.29, 0.717) is 12.3 Å². The Bertz CT molecular complexity index is 284. The number of halogens is 1. The van der Waals surface area contributed by atoms with Gasteiger partial charge in [0.2, 0.25) is 0 Å². The number of nitrogens with two attached hydrogens (primary N) is 1. The van der Waals surface area contributed by atoms with Crippen LogP contribution in [0.15, 0.2) is 35.8 Å². The average Bonchev–Trinajstić information content (AvgIpc) is 2.14. The molecule has 78 valence electrons. The summed E-state index contributed by atoms with van der Waals surface area (Å²) in [5, 5.41) is 0. The molecular weight excluding hydrogens is 183 g/mol. The van der Waals surface area contributed by atoms with Crippen molar-refractivity contribution in [3.63, 3.8) is 0 Å². The molecule has 0 amide bonds. The minimum atomic E-state index is -0.262. The number of hydrogen-bond donors (Lipinski definition) is 2. The molecule has 4 heteroatoms. The number of hydrogen-bond acceptors (Lipinski definition) is 3. The summed E-state index contributed by atoms with van der Waals surface area (Å²) in [4.78, 5) is 0. The lowest BCUT2D eigenvalue weighted by molar-refractivity contribution is 0.103. The Kier molecular flexibility index (Phi) is 3.85. The molecule has 0 aromatic rings. The van der Waals surface area contributed by atoms with E-state index in [1.54, 1.807) is 13.0 Å². The van der Waals surface area contributed by atoms with Gasteiger partial charge in [-0.25, -0.2) is 4.39 Å². The van der Waals surface area contributed by atoms with E-state index in [2.05, 4.69) is 12.0 Å². The molecule has 0 saturated heterocycles. The molecule has 0 radical (unpaired) electrons. The molecule has 0 aromatic heterocycles. The van der Waals surface area contributed by atoms with E-state index in [0.717, 1.165) is 5.57 Å². The second-order valence-corrected chi connectivity index (χ2v) is 3.14. The number of hydrazine groups is 1. The van der Waals surface area contributed by atoms with E-state index < -0.39 is 0 Å². The molecule has 1 aliphatic rings. The molecule has 1 unspecified atom stereocenters. The van der Waals surface area contributed by atoms with Crippen LogP contribution >= 0.6 is 0 Å². The van der Waals surface area contributed by atoms with Crippen molar-refractivity contribution < 1.29 is 9.13 Å². The van der Waals surface area contributed by atoms with Crippen molar-refractivity contribution in [3.05, 3.63) is 35.8 Å². The summed E-state index contributed by atoms with van der Waals surface area (Å²) in [6, 6.07) is 0. The summed E-state index contributed by atoms with van der Waals surface area (Å²) in [5.41, 5.74) is 3.47.